The molecule has 72 valence electrons. The van der Waals surface area contributed by atoms with Crippen LogP contribution in [0, 0.1) is 0 Å². The molecule has 0 spiro atoms. The summed E-state index contributed by atoms with van der Waals surface area (Å²) in [7, 11) is -4.29. The Kier molecular flexibility index (Phi) is 3.90. The summed E-state index contributed by atoms with van der Waals surface area (Å²) < 4.78 is 13.7. The number of halogens is 1. The van der Waals surface area contributed by atoms with Crippen molar-refractivity contribution < 1.29 is 23.9 Å². The summed E-state index contributed by atoms with van der Waals surface area (Å²) in [5.41, 5.74) is 0. The van der Waals surface area contributed by atoms with E-state index in [4.69, 9.17) is 9.79 Å². The van der Waals surface area contributed by atoms with Gasteiger partial charge in [0.05, 0.1) is 0 Å². The van der Waals surface area contributed by atoms with Crippen molar-refractivity contribution in [1.29, 1.82) is 0 Å². The third-order valence-corrected chi connectivity index (χ3v) is 4.10. The Morgan fingerprint density at radius 1 is 1.67 bits per heavy atom. The third-order valence-electron chi connectivity index (χ3n) is 1.15. The third kappa shape index (κ3) is 3.67. The first-order valence-corrected chi connectivity index (χ1v) is 5.45. The number of esters is 1. The van der Waals surface area contributed by atoms with Crippen LogP contribution in [0.15, 0.2) is 0 Å². The van der Waals surface area contributed by atoms with Gasteiger partial charge >= 0.3 is 13.6 Å². The van der Waals surface area contributed by atoms with Gasteiger partial charge in [0.2, 0.25) is 0 Å². The molecule has 0 heterocycles. The van der Waals surface area contributed by atoms with Gasteiger partial charge in [0.1, 0.15) is 6.61 Å². The lowest BCUT2D eigenvalue weighted by Gasteiger charge is -2.22. The van der Waals surface area contributed by atoms with E-state index in [-0.39, 0.29) is 6.61 Å². The first-order valence-electron chi connectivity index (χ1n) is 3.05. The molecule has 12 heavy (non-hydrogen) atoms. The van der Waals surface area contributed by atoms with Crippen molar-refractivity contribution in [2.45, 2.75) is 17.9 Å². The summed E-state index contributed by atoms with van der Waals surface area (Å²) in [6.45, 7) is 2.08. The van der Waals surface area contributed by atoms with E-state index in [1.165, 1.54) is 13.8 Å². The Labute approximate surface area is 78.4 Å². The van der Waals surface area contributed by atoms with Crippen molar-refractivity contribution in [3.05, 3.63) is 0 Å². The molecular formula is C5H10BrO5P. The minimum atomic E-state index is -4.29. The zero-order valence-electron chi connectivity index (χ0n) is 6.65. The highest BCUT2D eigenvalue weighted by atomic mass is 79.9. The summed E-state index contributed by atoms with van der Waals surface area (Å²) in [5.74, 6) is -0.575. The number of carbonyl (C=O) groups is 1. The summed E-state index contributed by atoms with van der Waals surface area (Å²) in [6.07, 6.45) is 0. The standard InChI is InChI=1S/C5H10BrO5P/c1-4(7)11-3-5(2,6)12(8,9)10/h3H2,1-2H3,(H2,8,9,10). The fourth-order valence-electron chi connectivity index (χ4n) is 0.317. The molecule has 1 unspecified atom stereocenters. The fourth-order valence-corrected chi connectivity index (χ4v) is 0.665. The number of hydrogen-bond acceptors (Lipinski definition) is 3. The van der Waals surface area contributed by atoms with Crippen molar-refractivity contribution in [3.8, 4) is 0 Å². The monoisotopic (exact) mass is 260 g/mol. The lowest BCUT2D eigenvalue weighted by atomic mass is 10.5. The van der Waals surface area contributed by atoms with E-state index in [2.05, 4.69) is 20.7 Å². The number of hydrogen-bond donors (Lipinski definition) is 2. The van der Waals surface area contributed by atoms with Crippen LogP contribution in [0.5, 0.6) is 0 Å². The Hall–Kier alpha value is 0.1000. The number of rotatable bonds is 3. The van der Waals surface area contributed by atoms with E-state index in [0.29, 0.717) is 0 Å². The van der Waals surface area contributed by atoms with Gasteiger partial charge in [-0.15, -0.1) is 0 Å². The normalized spacial score (nSPS) is 16.8. The summed E-state index contributed by atoms with van der Waals surface area (Å²) in [6, 6.07) is 0. The number of carbonyl (C=O) groups excluding carboxylic acids is 1. The summed E-state index contributed by atoms with van der Waals surface area (Å²) in [4.78, 5) is 27.8. The van der Waals surface area contributed by atoms with Crippen LogP contribution in [-0.4, -0.2) is 26.4 Å². The van der Waals surface area contributed by atoms with Gasteiger partial charge in [-0.3, -0.25) is 9.36 Å². The maximum Gasteiger partial charge on any atom is 0.345 e. The van der Waals surface area contributed by atoms with Crippen LogP contribution in [0.2, 0.25) is 0 Å². The quantitative estimate of drug-likeness (QED) is 0.446. The highest BCUT2D eigenvalue weighted by molar-refractivity contribution is 9.11. The molecule has 0 aliphatic carbocycles. The van der Waals surface area contributed by atoms with Gasteiger partial charge in [-0.25, -0.2) is 0 Å². The molecule has 0 aliphatic heterocycles. The van der Waals surface area contributed by atoms with Crippen LogP contribution in [0.25, 0.3) is 0 Å². The first kappa shape index (κ1) is 12.1. The summed E-state index contributed by atoms with van der Waals surface area (Å²) >= 11 is 2.79. The highest BCUT2D eigenvalue weighted by Crippen LogP contribution is 2.54. The number of alkyl halides is 1. The first-order chi connectivity index (χ1) is 5.17. The van der Waals surface area contributed by atoms with Crippen molar-refractivity contribution in [1.82, 2.24) is 0 Å². The second-order valence-corrected chi connectivity index (χ2v) is 6.90. The molecule has 2 N–H and O–H groups in total. The fraction of sp³-hybridized carbons (Fsp3) is 0.800. The van der Waals surface area contributed by atoms with Crippen molar-refractivity contribution in [2.24, 2.45) is 0 Å². The molecule has 0 bridgehead atoms. The zero-order valence-corrected chi connectivity index (χ0v) is 9.13. The van der Waals surface area contributed by atoms with E-state index in [1.807, 2.05) is 0 Å². The van der Waals surface area contributed by atoms with Crippen molar-refractivity contribution >= 4 is 29.5 Å². The average molecular weight is 261 g/mol. The predicted octanol–water partition coefficient (Wildman–Crippen LogP) is 0.838. The van der Waals surface area contributed by atoms with Gasteiger partial charge in [-0.05, 0) is 6.92 Å². The average Bonchev–Trinajstić information content (AvgIpc) is 1.81. The van der Waals surface area contributed by atoms with Gasteiger partial charge in [-0.1, -0.05) is 15.9 Å². The maximum absolute atomic E-state index is 10.7. The van der Waals surface area contributed by atoms with Crippen molar-refractivity contribution in [3.63, 3.8) is 0 Å². The Bertz CT molecular complexity index is 220. The van der Waals surface area contributed by atoms with Crippen LogP contribution in [-0.2, 0) is 14.1 Å². The Morgan fingerprint density at radius 3 is 2.33 bits per heavy atom. The van der Waals surface area contributed by atoms with E-state index >= 15 is 0 Å². The molecule has 7 heteroatoms. The van der Waals surface area contributed by atoms with Crippen molar-refractivity contribution in [2.75, 3.05) is 6.61 Å². The van der Waals surface area contributed by atoms with Gasteiger partial charge in [0.15, 0.2) is 4.07 Å². The number of ether oxygens (including phenoxy) is 1. The molecule has 0 saturated heterocycles. The smallest absolute Gasteiger partial charge is 0.345 e. The Balaban J connectivity index is 4.24. The molecule has 0 fully saturated rings. The molecule has 0 amide bonds. The van der Waals surface area contributed by atoms with Crippen LogP contribution >= 0.6 is 23.5 Å². The second-order valence-electron chi connectivity index (χ2n) is 2.47. The minimum Gasteiger partial charge on any atom is -0.464 e. The molecule has 0 rings (SSSR count). The molecular weight excluding hydrogens is 251 g/mol. The van der Waals surface area contributed by atoms with Gasteiger partial charge < -0.3 is 14.5 Å². The van der Waals surface area contributed by atoms with E-state index < -0.39 is 17.6 Å². The zero-order chi connectivity index (χ0) is 9.99. The SMILES string of the molecule is CC(=O)OCC(C)(Br)P(=O)(O)O. The van der Waals surface area contributed by atoms with Gasteiger partial charge in [0.25, 0.3) is 0 Å². The van der Waals surface area contributed by atoms with Crippen LogP contribution in [0.1, 0.15) is 13.8 Å². The molecule has 0 aromatic heterocycles. The topological polar surface area (TPSA) is 83.8 Å². The lowest BCUT2D eigenvalue weighted by Crippen LogP contribution is -2.24. The molecule has 5 nitrogen and oxygen atoms in total. The predicted molar refractivity (Wildman–Crippen MR) is 46.0 cm³/mol. The van der Waals surface area contributed by atoms with Gasteiger partial charge in [-0.2, -0.15) is 0 Å². The maximum atomic E-state index is 10.7. The van der Waals surface area contributed by atoms with E-state index in [9.17, 15) is 9.36 Å². The molecule has 0 saturated carbocycles. The van der Waals surface area contributed by atoms with Gasteiger partial charge in [0, 0.05) is 6.92 Å². The largest absolute Gasteiger partial charge is 0.464 e. The lowest BCUT2D eigenvalue weighted by molar-refractivity contribution is -0.141. The molecule has 0 radical (unpaired) electrons. The molecule has 1 atom stereocenters. The van der Waals surface area contributed by atoms with Crippen LogP contribution in [0.3, 0.4) is 0 Å². The van der Waals surface area contributed by atoms with Crippen LogP contribution < -0.4 is 0 Å². The second kappa shape index (κ2) is 3.87. The minimum absolute atomic E-state index is 0.355. The van der Waals surface area contributed by atoms with Crippen LogP contribution in [0.4, 0.5) is 0 Å². The van der Waals surface area contributed by atoms with E-state index in [0.717, 1.165) is 0 Å². The highest BCUT2D eigenvalue weighted by Gasteiger charge is 2.41. The molecule has 0 aromatic carbocycles. The van der Waals surface area contributed by atoms with E-state index in [1.54, 1.807) is 0 Å². The summed E-state index contributed by atoms with van der Waals surface area (Å²) in [5, 5.41) is 0. The molecule has 0 aromatic rings. The Morgan fingerprint density at radius 2 is 2.08 bits per heavy atom. The molecule has 0 aliphatic rings.